The third kappa shape index (κ3) is 3.54. The molecule has 0 bridgehead atoms. The minimum absolute atomic E-state index is 0.0610. The Morgan fingerprint density at radius 3 is 2.70 bits per heavy atom. The number of benzene rings is 3. The lowest BCUT2D eigenvalue weighted by Crippen LogP contribution is -1.84. The standard InChI is InChI=1S/C21H14Cl2N2O2/c1-12-4-2-3-5-16(12)21-25-18-10-15(6-7-19(18)27-21)24-11-13-8-14(22)9-17(23)20(13)26/h2-11,26H,1H3. The quantitative estimate of drug-likeness (QED) is 0.398. The topological polar surface area (TPSA) is 58.6 Å². The largest absolute Gasteiger partial charge is 0.506 e. The normalized spacial score (nSPS) is 11.5. The Hall–Kier alpha value is -2.82. The van der Waals surface area contributed by atoms with Gasteiger partial charge in [-0.1, -0.05) is 41.4 Å². The highest BCUT2D eigenvalue weighted by Gasteiger charge is 2.11. The molecule has 1 aromatic heterocycles. The number of oxazole rings is 1. The van der Waals surface area contributed by atoms with Crippen LogP contribution in [0, 0.1) is 6.92 Å². The minimum Gasteiger partial charge on any atom is -0.506 e. The molecular formula is C21H14Cl2N2O2. The molecule has 4 rings (SSSR count). The van der Waals surface area contributed by atoms with Crippen LogP contribution in [0.2, 0.25) is 10.0 Å². The monoisotopic (exact) mass is 396 g/mol. The number of aromatic nitrogens is 1. The number of phenols is 1. The van der Waals surface area contributed by atoms with Crippen LogP contribution in [0.3, 0.4) is 0 Å². The molecule has 0 unspecified atom stereocenters. The van der Waals surface area contributed by atoms with Crippen LogP contribution in [0.15, 0.2) is 64.0 Å². The molecule has 0 saturated heterocycles. The predicted octanol–water partition coefficient (Wildman–Crippen LogP) is 6.57. The summed E-state index contributed by atoms with van der Waals surface area (Å²) in [5, 5.41) is 10.6. The molecule has 134 valence electrons. The summed E-state index contributed by atoms with van der Waals surface area (Å²) < 4.78 is 5.87. The van der Waals surface area contributed by atoms with Crippen molar-refractivity contribution in [3.8, 4) is 17.2 Å². The summed E-state index contributed by atoms with van der Waals surface area (Å²) >= 11 is 11.9. The fourth-order valence-corrected chi connectivity index (χ4v) is 3.26. The number of fused-ring (bicyclic) bond motifs is 1. The zero-order valence-electron chi connectivity index (χ0n) is 14.3. The zero-order valence-corrected chi connectivity index (χ0v) is 15.8. The van der Waals surface area contributed by atoms with Gasteiger partial charge >= 0.3 is 0 Å². The van der Waals surface area contributed by atoms with Crippen molar-refractivity contribution in [3.63, 3.8) is 0 Å². The van der Waals surface area contributed by atoms with Gasteiger partial charge in [0, 0.05) is 22.4 Å². The molecule has 4 nitrogen and oxygen atoms in total. The lowest BCUT2D eigenvalue weighted by Gasteiger charge is -2.02. The van der Waals surface area contributed by atoms with Gasteiger partial charge in [-0.3, -0.25) is 4.99 Å². The molecule has 0 fully saturated rings. The van der Waals surface area contributed by atoms with E-state index in [-0.39, 0.29) is 10.8 Å². The number of rotatable bonds is 3. The molecule has 4 aromatic rings. The van der Waals surface area contributed by atoms with Crippen molar-refractivity contribution in [3.05, 3.63) is 75.8 Å². The highest BCUT2D eigenvalue weighted by Crippen LogP contribution is 2.31. The van der Waals surface area contributed by atoms with Gasteiger partial charge in [-0.2, -0.15) is 0 Å². The summed E-state index contributed by atoms with van der Waals surface area (Å²) in [6.45, 7) is 2.02. The first kappa shape index (κ1) is 17.6. The number of aryl methyl sites for hydroxylation is 1. The molecule has 0 aliphatic heterocycles. The van der Waals surface area contributed by atoms with Gasteiger partial charge in [-0.25, -0.2) is 4.98 Å². The molecule has 1 N–H and O–H groups in total. The molecule has 0 aliphatic carbocycles. The van der Waals surface area contributed by atoms with E-state index in [1.165, 1.54) is 12.3 Å². The van der Waals surface area contributed by atoms with Crippen LogP contribution in [-0.4, -0.2) is 16.3 Å². The van der Waals surface area contributed by atoms with E-state index >= 15 is 0 Å². The summed E-state index contributed by atoms with van der Waals surface area (Å²) in [7, 11) is 0. The molecule has 0 spiro atoms. The smallest absolute Gasteiger partial charge is 0.227 e. The van der Waals surface area contributed by atoms with Crippen LogP contribution < -0.4 is 0 Å². The zero-order chi connectivity index (χ0) is 19.0. The maximum Gasteiger partial charge on any atom is 0.227 e. The summed E-state index contributed by atoms with van der Waals surface area (Å²) in [5.41, 5.74) is 4.54. The van der Waals surface area contributed by atoms with E-state index in [0.717, 1.165) is 11.1 Å². The van der Waals surface area contributed by atoms with E-state index in [1.54, 1.807) is 6.07 Å². The van der Waals surface area contributed by atoms with Gasteiger partial charge < -0.3 is 9.52 Å². The Labute approximate surface area is 165 Å². The predicted molar refractivity (Wildman–Crippen MR) is 110 cm³/mol. The van der Waals surface area contributed by atoms with Crippen molar-refractivity contribution in [2.45, 2.75) is 6.92 Å². The van der Waals surface area contributed by atoms with Crippen molar-refractivity contribution >= 4 is 46.2 Å². The first-order chi connectivity index (χ1) is 13.0. The summed E-state index contributed by atoms with van der Waals surface area (Å²) in [6.07, 6.45) is 1.51. The van der Waals surface area contributed by atoms with Gasteiger partial charge in [0.2, 0.25) is 5.89 Å². The third-order valence-corrected chi connectivity index (χ3v) is 4.66. The van der Waals surface area contributed by atoms with Crippen molar-refractivity contribution in [2.75, 3.05) is 0 Å². The summed E-state index contributed by atoms with van der Waals surface area (Å²) in [4.78, 5) is 8.96. The first-order valence-corrected chi connectivity index (χ1v) is 8.95. The molecular weight excluding hydrogens is 383 g/mol. The molecule has 6 heteroatoms. The fourth-order valence-electron chi connectivity index (χ4n) is 2.75. The molecule has 27 heavy (non-hydrogen) atoms. The molecule has 0 aliphatic rings. The fraction of sp³-hybridized carbons (Fsp3) is 0.0476. The number of aromatic hydroxyl groups is 1. The van der Waals surface area contributed by atoms with Crippen molar-refractivity contribution < 1.29 is 9.52 Å². The van der Waals surface area contributed by atoms with Gasteiger partial charge in [-0.05, 0) is 48.9 Å². The van der Waals surface area contributed by atoms with E-state index < -0.39 is 0 Å². The van der Waals surface area contributed by atoms with E-state index in [2.05, 4.69) is 9.98 Å². The van der Waals surface area contributed by atoms with Crippen LogP contribution in [0.4, 0.5) is 5.69 Å². The van der Waals surface area contributed by atoms with Crippen LogP contribution >= 0.6 is 23.2 Å². The Balaban J connectivity index is 1.69. The van der Waals surface area contributed by atoms with Gasteiger partial charge in [0.15, 0.2) is 5.58 Å². The van der Waals surface area contributed by atoms with E-state index in [4.69, 9.17) is 27.6 Å². The third-order valence-electron chi connectivity index (χ3n) is 4.16. The molecule has 1 heterocycles. The highest BCUT2D eigenvalue weighted by molar-refractivity contribution is 6.36. The maximum atomic E-state index is 10.0. The number of halogens is 2. The minimum atomic E-state index is -0.0610. The van der Waals surface area contributed by atoms with Crippen molar-refractivity contribution in [1.29, 1.82) is 0 Å². The van der Waals surface area contributed by atoms with Gasteiger partial charge in [-0.15, -0.1) is 0 Å². The second-order valence-corrected chi connectivity index (χ2v) is 6.91. The number of hydrogen-bond acceptors (Lipinski definition) is 4. The SMILES string of the molecule is Cc1ccccc1-c1nc2cc(N=Cc3cc(Cl)cc(Cl)c3O)ccc2o1. The Kier molecular flexibility index (Phi) is 4.60. The number of aliphatic imine (C=N–C) groups is 1. The second-order valence-electron chi connectivity index (χ2n) is 6.07. The molecule has 0 saturated carbocycles. The number of phenolic OH excluding ortho intramolecular Hbond substituents is 1. The van der Waals surface area contributed by atoms with Crippen LogP contribution in [0.25, 0.3) is 22.6 Å². The van der Waals surface area contributed by atoms with E-state index in [0.29, 0.717) is 33.3 Å². The first-order valence-electron chi connectivity index (χ1n) is 8.20. The van der Waals surface area contributed by atoms with Crippen LogP contribution in [0.1, 0.15) is 11.1 Å². The summed E-state index contributed by atoms with van der Waals surface area (Å²) in [5.74, 6) is 0.512. The molecule has 0 radical (unpaired) electrons. The Bertz CT molecular complexity index is 1180. The maximum absolute atomic E-state index is 10.0. The van der Waals surface area contributed by atoms with E-state index in [1.807, 2.05) is 49.4 Å². The average Bonchev–Trinajstić information content (AvgIpc) is 3.07. The number of hydrogen-bond donors (Lipinski definition) is 1. The Morgan fingerprint density at radius 1 is 1.07 bits per heavy atom. The number of nitrogens with zero attached hydrogens (tertiary/aromatic N) is 2. The summed E-state index contributed by atoms with van der Waals surface area (Å²) in [6, 6.07) is 16.5. The lowest BCUT2D eigenvalue weighted by atomic mass is 10.1. The molecule has 0 amide bonds. The van der Waals surface area contributed by atoms with Crippen LogP contribution in [-0.2, 0) is 0 Å². The lowest BCUT2D eigenvalue weighted by molar-refractivity contribution is 0.475. The van der Waals surface area contributed by atoms with Gasteiger partial charge in [0.05, 0.1) is 10.7 Å². The highest BCUT2D eigenvalue weighted by atomic mass is 35.5. The Morgan fingerprint density at radius 2 is 1.89 bits per heavy atom. The second kappa shape index (κ2) is 7.06. The molecule has 3 aromatic carbocycles. The van der Waals surface area contributed by atoms with Crippen LogP contribution in [0.5, 0.6) is 5.75 Å². The van der Waals surface area contributed by atoms with Gasteiger partial charge in [0.1, 0.15) is 11.3 Å². The average molecular weight is 397 g/mol. The van der Waals surface area contributed by atoms with Gasteiger partial charge in [0.25, 0.3) is 0 Å². The van der Waals surface area contributed by atoms with Crippen molar-refractivity contribution in [2.24, 2.45) is 4.99 Å². The van der Waals surface area contributed by atoms with Crippen molar-refractivity contribution in [1.82, 2.24) is 4.98 Å². The molecule has 0 atom stereocenters. The van der Waals surface area contributed by atoms with E-state index in [9.17, 15) is 5.11 Å².